The third-order valence-corrected chi connectivity index (χ3v) is 2.82. The number of ether oxygens (including phenoxy) is 1. The second-order valence-electron chi connectivity index (χ2n) is 5.26. The summed E-state index contributed by atoms with van der Waals surface area (Å²) in [6, 6.07) is 4.27. The van der Waals surface area contributed by atoms with E-state index in [1.54, 1.807) is 26.8 Å². The summed E-state index contributed by atoms with van der Waals surface area (Å²) in [6.07, 6.45) is -0.0191. The van der Waals surface area contributed by atoms with Crippen molar-refractivity contribution in [1.29, 1.82) is 0 Å². The van der Waals surface area contributed by atoms with Crippen molar-refractivity contribution >= 4 is 33.5 Å². The molecule has 0 aliphatic rings. The van der Waals surface area contributed by atoms with Crippen LogP contribution in [0.15, 0.2) is 22.7 Å². The molecule has 0 saturated heterocycles. The highest BCUT2D eigenvalue weighted by Gasteiger charge is 2.17. The van der Waals surface area contributed by atoms with Crippen molar-refractivity contribution in [3.05, 3.63) is 28.5 Å². The molecule has 110 valence electrons. The molecule has 0 atom stereocenters. The Morgan fingerprint density at radius 1 is 1.30 bits per heavy atom. The highest BCUT2D eigenvalue weighted by Crippen LogP contribution is 2.19. The monoisotopic (exact) mass is 345 g/mol. The molecule has 0 radical (unpaired) electrons. The summed E-state index contributed by atoms with van der Waals surface area (Å²) in [6.45, 7) is 5.28. The standard InChI is InChI=1S/C14H17BrFNO3/c1-14(2,3)20-13(19)7-6-12(18)17-9-4-5-10(15)11(16)8-9/h4-5,8H,6-7H2,1-3H3,(H,17,18). The largest absolute Gasteiger partial charge is 0.460 e. The van der Waals surface area contributed by atoms with Crippen LogP contribution in [0.4, 0.5) is 10.1 Å². The van der Waals surface area contributed by atoms with Gasteiger partial charge in [0.1, 0.15) is 11.4 Å². The van der Waals surface area contributed by atoms with E-state index >= 15 is 0 Å². The van der Waals surface area contributed by atoms with Crippen molar-refractivity contribution in [3.8, 4) is 0 Å². The minimum atomic E-state index is -0.567. The lowest BCUT2D eigenvalue weighted by atomic mass is 10.2. The third-order valence-electron chi connectivity index (χ3n) is 2.18. The summed E-state index contributed by atoms with van der Waals surface area (Å²) in [5, 5.41) is 2.52. The maximum absolute atomic E-state index is 13.3. The van der Waals surface area contributed by atoms with Crippen LogP contribution in [0.1, 0.15) is 33.6 Å². The molecule has 0 unspecified atom stereocenters. The fourth-order valence-electron chi connectivity index (χ4n) is 1.41. The minimum absolute atomic E-state index is 0.00734. The van der Waals surface area contributed by atoms with Gasteiger partial charge in [-0.1, -0.05) is 0 Å². The second kappa shape index (κ2) is 6.83. The highest BCUT2D eigenvalue weighted by molar-refractivity contribution is 9.10. The van der Waals surface area contributed by atoms with Crippen LogP contribution < -0.4 is 5.32 Å². The van der Waals surface area contributed by atoms with Crippen molar-refractivity contribution in [2.45, 2.75) is 39.2 Å². The summed E-state index contributed by atoms with van der Waals surface area (Å²) in [5.41, 5.74) is -0.220. The number of hydrogen-bond acceptors (Lipinski definition) is 3. The van der Waals surface area contributed by atoms with E-state index in [9.17, 15) is 14.0 Å². The molecule has 1 amide bonds. The van der Waals surface area contributed by atoms with Gasteiger partial charge in [0.15, 0.2) is 0 Å². The molecule has 1 rings (SSSR count). The number of carbonyl (C=O) groups excluding carboxylic acids is 2. The lowest BCUT2D eigenvalue weighted by molar-refractivity contribution is -0.155. The smallest absolute Gasteiger partial charge is 0.306 e. The Hall–Kier alpha value is -1.43. The van der Waals surface area contributed by atoms with E-state index in [0.29, 0.717) is 10.2 Å². The predicted molar refractivity (Wildman–Crippen MR) is 77.8 cm³/mol. The van der Waals surface area contributed by atoms with E-state index in [-0.39, 0.29) is 18.7 Å². The molecular weight excluding hydrogens is 329 g/mol. The van der Waals surface area contributed by atoms with Gasteiger partial charge in [0.2, 0.25) is 5.91 Å². The van der Waals surface area contributed by atoms with Gasteiger partial charge in [0, 0.05) is 12.1 Å². The molecule has 0 fully saturated rings. The average molecular weight is 346 g/mol. The number of benzene rings is 1. The topological polar surface area (TPSA) is 55.4 Å². The number of rotatable bonds is 4. The zero-order valence-corrected chi connectivity index (χ0v) is 13.2. The molecule has 0 heterocycles. The summed E-state index contributed by atoms with van der Waals surface area (Å²) >= 11 is 3.02. The Bertz CT molecular complexity index is 512. The molecule has 1 N–H and O–H groups in total. The number of anilines is 1. The Morgan fingerprint density at radius 3 is 2.50 bits per heavy atom. The number of halogens is 2. The first kappa shape index (κ1) is 16.6. The van der Waals surface area contributed by atoms with Crippen LogP contribution in [0.3, 0.4) is 0 Å². The van der Waals surface area contributed by atoms with Crippen LogP contribution in [-0.4, -0.2) is 17.5 Å². The molecule has 1 aromatic rings. The average Bonchev–Trinajstić information content (AvgIpc) is 2.29. The Morgan fingerprint density at radius 2 is 1.95 bits per heavy atom. The Kier molecular flexibility index (Phi) is 5.68. The van der Waals surface area contributed by atoms with E-state index in [1.807, 2.05) is 0 Å². The van der Waals surface area contributed by atoms with Gasteiger partial charge in [-0.15, -0.1) is 0 Å². The van der Waals surface area contributed by atoms with Crippen molar-refractivity contribution < 1.29 is 18.7 Å². The normalized spacial score (nSPS) is 11.1. The van der Waals surface area contributed by atoms with Gasteiger partial charge in [-0.05, 0) is 54.9 Å². The molecule has 6 heteroatoms. The first-order valence-electron chi connectivity index (χ1n) is 6.14. The van der Waals surface area contributed by atoms with Crippen LogP contribution in [0.2, 0.25) is 0 Å². The fourth-order valence-corrected chi connectivity index (χ4v) is 1.65. The SMILES string of the molecule is CC(C)(C)OC(=O)CCC(=O)Nc1ccc(Br)c(F)c1. The number of esters is 1. The molecule has 0 saturated carbocycles. The van der Waals surface area contributed by atoms with Crippen molar-refractivity contribution in [1.82, 2.24) is 0 Å². The number of carbonyl (C=O) groups is 2. The van der Waals surface area contributed by atoms with E-state index in [2.05, 4.69) is 21.2 Å². The molecular formula is C14H17BrFNO3. The zero-order valence-electron chi connectivity index (χ0n) is 11.6. The maximum Gasteiger partial charge on any atom is 0.306 e. The van der Waals surface area contributed by atoms with Gasteiger partial charge in [-0.2, -0.15) is 0 Å². The lowest BCUT2D eigenvalue weighted by Gasteiger charge is -2.19. The van der Waals surface area contributed by atoms with Crippen LogP contribution in [0.25, 0.3) is 0 Å². The fraction of sp³-hybridized carbons (Fsp3) is 0.429. The second-order valence-corrected chi connectivity index (χ2v) is 6.12. The molecule has 0 bridgehead atoms. The van der Waals surface area contributed by atoms with Gasteiger partial charge in [0.05, 0.1) is 10.9 Å². The van der Waals surface area contributed by atoms with Crippen molar-refractivity contribution in [3.63, 3.8) is 0 Å². The minimum Gasteiger partial charge on any atom is -0.460 e. The van der Waals surface area contributed by atoms with Gasteiger partial charge >= 0.3 is 5.97 Å². The quantitative estimate of drug-likeness (QED) is 0.847. The first-order valence-corrected chi connectivity index (χ1v) is 6.93. The van der Waals surface area contributed by atoms with E-state index in [1.165, 1.54) is 12.1 Å². The molecule has 20 heavy (non-hydrogen) atoms. The van der Waals surface area contributed by atoms with Gasteiger partial charge in [-0.3, -0.25) is 9.59 Å². The Balaban J connectivity index is 2.44. The van der Waals surface area contributed by atoms with E-state index in [0.717, 1.165) is 0 Å². The lowest BCUT2D eigenvalue weighted by Crippen LogP contribution is -2.24. The first-order chi connectivity index (χ1) is 9.17. The number of hydrogen-bond donors (Lipinski definition) is 1. The Labute approximate surface area is 125 Å². The molecule has 1 aromatic carbocycles. The molecule has 0 aromatic heterocycles. The van der Waals surface area contributed by atoms with Crippen LogP contribution >= 0.6 is 15.9 Å². The molecule has 4 nitrogen and oxygen atoms in total. The summed E-state index contributed by atoms with van der Waals surface area (Å²) < 4.78 is 18.7. The molecule has 0 spiro atoms. The number of amides is 1. The van der Waals surface area contributed by atoms with Crippen molar-refractivity contribution in [2.24, 2.45) is 0 Å². The van der Waals surface area contributed by atoms with Crippen LogP contribution in [0.5, 0.6) is 0 Å². The van der Waals surface area contributed by atoms with E-state index in [4.69, 9.17) is 4.74 Å². The predicted octanol–water partition coefficient (Wildman–Crippen LogP) is 3.65. The van der Waals surface area contributed by atoms with Crippen molar-refractivity contribution in [2.75, 3.05) is 5.32 Å². The van der Waals surface area contributed by atoms with Crippen LogP contribution in [-0.2, 0) is 14.3 Å². The number of nitrogens with one attached hydrogen (secondary N) is 1. The zero-order chi connectivity index (χ0) is 15.3. The highest BCUT2D eigenvalue weighted by atomic mass is 79.9. The van der Waals surface area contributed by atoms with E-state index < -0.39 is 17.4 Å². The van der Waals surface area contributed by atoms with Gasteiger partial charge in [0.25, 0.3) is 0 Å². The molecule has 0 aliphatic heterocycles. The summed E-state index contributed by atoms with van der Waals surface area (Å²) in [7, 11) is 0. The molecule has 0 aliphatic carbocycles. The maximum atomic E-state index is 13.3. The van der Waals surface area contributed by atoms with Crippen LogP contribution in [0, 0.1) is 5.82 Å². The van der Waals surface area contributed by atoms with Gasteiger partial charge < -0.3 is 10.1 Å². The van der Waals surface area contributed by atoms with Gasteiger partial charge in [-0.25, -0.2) is 4.39 Å². The summed E-state index contributed by atoms with van der Waals surface area (Å²) in [5.74, 6) is -1.26. The third kappa shape index (κ3) is 6.14. The summed E-state index contributed by atoms with van der Waals surface area (Å²) in [4.78, 5) is 23.1.